The van der Waals surface area contributed by atoms with Gasteiger partial charge in [0.15, 0.2) is 0 Å². The molecule has 7 heteroatoms. The molecule has 6 aromatic carbocycles. The Bertz CT molecular complexity index is 3400. The summed E-state index contributed by atoms with van der Waals surface area (Å²) < 4.78 is 18.2. The van der Waals surface area contributed by atoms with Crippen LogP contribution in [-0.2, 0) is 34.1 Å². The number of aromatic nitrogens is 1. The molecule has 0 amide bonds. The fraction of sp³-hybridized carbons (Fsp3) is 0.500. The van der Waals surface area contributed by atoms with Crippen LogP contribution >= 0.6 is 34.0 Å². The van der Waals surface area contributed by atoms with Gasteiger partial charge in [-0.25, -0.2) is 0 Å². The number of fused-ring (bicyclic) bond motifs is 6. The molecule has 0 aliphatic heterocycles. The fourth-order valence-corrected chi connectivity index (χ4v) is 12.5. The van der Waals surface area contributed by atoms with E-state index in [9.17, 15) is 0 Å². The second-order valence-electron chi connectivity index (χ2n) is 26.2. The van der Waals surface area contributed by atoms with Gasteiger partial charge in [0.25, 0.3) is 0 Å². The maximum Gasteiger partial charge on any atom is 0.129 e. The normalized spacial score (nSPS) is 10.4. The van der Waals surface area contributed by atoms with Gasteiger partial charge in [0.05, 0.1) is 21.3 Å². The summed E-state index contributed by atoms with van der Waals surface area (Å²) in [6.07, 6.45) is 0. The lowest BCUT2D eigenvalue weighted by Gasteiger charge is -2.28. The molecule has 0 radical (unpaired) electrons. The minimum absolute atomic E-state index is 0.0367. The van der Waals surface area contributed by atoms with Crippen LogP contribution in [0.3, 0.4) is 0 Å². The van der Waals surface area contributed by atoms with Crippen LogP contribution in [0, 0.1) is 34.6 Å². The van der Waals surface area contributed by atoms with E-state index in [2.05, 4.69) is 292 Å². The molecule has 0 bridgehead atoms. The maximum absolute atomic E-state index is 5.55. The van der Waals surface area contributed by atoms with Crippen molar-refractivity contribution < 1.29 is 14.2 Å². The van der Waals surface area contributed by atoms with Crippen molar-refractivity contribution in [2.45, 2.75) is 297 Å². The molecule has 0 fully saturated rings. The Morgan fingerprint density at radius 2 is 0.621 bits per heavy atom. The van der Waals surface area contributed by atoms with E-state index in [1.807, 2.05) is 155 Å². The lowest BCUT2D eigenvalue weighted by atomic mass is 9.77. The molecule has 0 N–H and O–H groups in total. The zero-order valence-electron chi connectivity index (χ0n) is 74.6. The molecule has 103 heavy (non-hydrogen) atoms. The number of para-hydroxylation sites is 2. The minimum atomic E-state index is 0.0367. The lowest BCUT2D eigenvalue weighted by molar-refractivity contribution is 0.376. The average Bonchev–Trinajstić information content (AvgIpc) is 1.62. The van der Waals surface area contributed by atoms with Crippen LogP contribution in [0.15, 0.2) is 166 Å². The van der Waals surface area contributed by atoms with Crippen molar-refractivity contribution in [2.24, 2.45) is 7.05 Å². The van der Waals surface area contributed by atoms with Crippen LogP contribution in [0.25, 0.3) is 32.9 Å². The van der Waals surface area contributed by atoms with E-state index in [1.54, 1.807) is 55.3 Å². The molecular formula is C96H157NO3S3. The summed E-state index contributed by atoms with van der Waals surface area (Å²) in [5, 5.41) is 15.1. The molecule has 4 heterocycles. The number of benzene rings is 6. The topological polar surface area (TPSA) is 32.6 Å². The van der Waals surface area contributed by atoms with Gasteiger partial charge in [-0.3, -0.25) is 0 Å². The molecule has 0 atom stereocenters. The maximum atomic E-state index is 5.55. The predicted molar refractivity (Wildman–Crippen MR) is 482 cm³/mol. The third-order valence-electron chi connectivity index (χ3n) is 15.1. The van der Waals surface area contributed by atoms with E-state index in [-0.39, 0.29) is 27.1 Å². The number of methoxy groups -OCH3 is 3. The van der Waals surface area contributed by atoms with Crippen LogP contribution in [0.2, 0.25) is 0 Å². The average molecular weight is 1470 g/mol. The Morgan fingerprint density at radius 3 is 0.854 bits per heavy atom. The molecule has 0 unspecified atom stereocenters. The van der Waals surface area contributed by atoms with E-state index < -0.39 is 0 Å². The van der Waals surface area contributed by atoms with Crippen molar-refractivity contribution in [3.63, 3.8) is 0 Å². The fourth-order valence-electron chi connectivity index (χ4n) is 10.4. The van der Waals surface area contributed by atoms with Crippen molar-refractivity contribution in [1.29, 1.82) is 0 Å². The highest BCUT2D eigenvalue weighted by molar-refractivity contribution is 7.08. The molecule has 582 valence electrons. The third kappa shape index (κ3) is 36.5. The number of ether oxygens (including phenoxy) is 3. The Morgan fingerprint density at radius 1 is 0.320 bits per heavy atom. The number of hydrogen-bond donors (Lipinski definition) is 0. The minimum Gasteiger partial charge on any atom is -0.496 e. The first-order valence-electron chi connectivity index (χ1n) is 38.9. The highest BCUT2D eigenvalue weighted by Crippen LogP contribution is 2.48. The second-order valence-corrected chi connectivity index (χ2v) is 28.5. The Labute approximate surface area is 650 Å². The summed E-state index contributed by atoms with van der Waals surface area (Å²) >= 11 is 5.14. The van der Waals surface area contributed by atoms with E-state index >= 15 is 0 Å². The molecule has 4 aromatic heterocycles. The molecule has 1 aliphatic rings. The van der Waals surface area contributed by atoms with Gasteiger partial charge in [-0.2, -0.15) is 22.7 Å². The highest BCUT2D eigenvalue weighted by Gasteiger charge is 2.34. The van der Waals surface area contributed by atoms with Crippen molar-refractivity contribution in [3.8, 4) is 28.4 Å². The zero-order valence-corrected chi connectivity index (χ0v) is 77.0. The summed E-state index contributed by atoms with van der Waals surface area (Å²) in [5.74, 6) is 2.83. The van der Waals surface area contributed by atoms with Gasteiger partial charge in [0.1, 0.15) is 17.2 Å². The van der Waals surface area contributed by atoms with Crippen LogP contribution in [-0.4, -0.2) is 25.9 Å². The van der Waals surface area contributed by atoms with Crippen LogP contribution in [0.5, 0.6) is 17.2 Å². The van der Waals surface area contributed by atoms with Gasteiger partial charge < -0.3 is 18.8 Å². The smallest absolute Gasteiger partial charge is 0.129 e. The first-order chi connectivity index (χ1) is 48.9. The molecule has 1 aliphatic carbocycles. The molecule has 10 aromatic rings. The van der Waals surface area contributed by atoms with Crippen LogP contribution in [0.1, 0.15) is 297 Å². The van der Waals surface area contributed by atoms with Gasteiger partial charge in [-0.05, 0) is 181 Å². The largest absolute Gasteiger partial charge is 0.496 e. The van der Waals surface area contributed by atoms with E-state index in [0.29, 0.717) is 0 Å². The standard InChI is InChI=1S/C16H26O2.C16H26.C15H14.C13H11N.C6H8S.C5H6OS.C5H6S.10C2H6/c1-15(2,3)11-9-14(18-8)12(16(4,5)6)10-13(11)17-7;1-11-9-14(16(6,7)8)12(2)10-13(11)15(3,4)5;1-15(2)13-9-5-3-7-11(13)12-8-4-6-10-14(12)15;1-14-12-8-4-2-6-10(12)11-7-3-5-9-13(11)14;1-5-3-7-4-6(5)2;1-6-5-2-3-7-4-5;1-5-2-3-6-4-5;10*1-2/h9-10H,1-8H3;9-10H,1-8H3;3-10H,1-2H3;2-9H,1H3;3-4H,1-2H3;2-4H,1H3;2-4H,1H3;10*1-2H3. The Hall–Kier alpha value is -6.38. The Balaban J connectivity index is -0.000000261. The summed E-state index contributed by atoms with van der Waals surface area (Å²) in [5.41, 5.74) is 21.3. The predicted octanol–water partition coefficient (Wildman–Crippen LogP) is 33.0. The molecule has 0 saturated carbocycles. The molecular weight excluding hydrogens is 1310 g/mol. The van der Waals surface area contributed by atoms with Crippen LogP contribution in [0.4, 0.5) is 0 Å². The Kier molecular flexibility index (Phi) is 61.5. The van der Waals surface area contributed by atoms with Gasteiger partial charge in [-0.15, -0.1) is 11.3 Å². The summed E-state index contributed by atoms with van der Waals surface area (Å²) in [7, 11) is 7.24. The van der Waals surface area contributed by atoms with Crippen molar-refractivity contribution >= 4 is 55.8 Å². The van der Waals surface area contributed by atoms with Crippen molar-refractivity contribution in [1.82, 2.24) is 4.57 Å². The first kappa shape index (κ1) is 108. The SMILES string of the molecule is CC.CC.CC.CC.CC.CC.CC.CC.CC.CC.CC1(C)c2ccccc2-c2ccccc21.COc1cc(C(C)(C)C)c(OC)cc1C(C)(C)C.COc1ccsc1.Cc1cc(C(C)(C)C)c(C)cc1C(C)(C)C.Cc1ccsc1.Cc1cscc1C.Cn1c2ccccc2c2ccccc21. The van der Waals surface area contributed by atoms with Crippen molar-refractivity contribution in [3.05, 3.63) is 227 Å². The van der Waals surface area contributed by atoms with Gasteiger partial charge in [0, 0.05) is 50.8 Å². The van der Waals surface area contributed by atoms with Gasteiger partial charge in [0.2, 0.25) is 0 Å². The van der Waals surface area contributed by atoms with Gasteiger partial charge in [-0.1, -0.05) is 332 Å². The third-order valence-corrected chi connectivity index (χ3v) is 17.6. The zero-order chi connectivity index (χ0) is 81.7. The quantitative estimate of drug-likeness (QED) is 0.177. The molecule has 0 saturated heterocycles. The number of rotatable bonds is 3. The van der Waals surface area contributed by atoms with Gasteiger partial charge >= 0.3 is 0 Å². The van der Waals surface area contributed by atoms with E-state index in [4.69, 9.17) is 14.2 Å². The number of aryl methyl sites for hydroxylation is 6. The first-order valence-corrected chi connectivity index (χ1v) is 41.7. The molecule has 4 nitrogen and oxygen atoms in total. The van der Waals surface area contributed by atoms with Crippen molar-refractivity contribution in [2.75, 3.05) is 21.3 Å². The van der Waals surface area contributed by atoms with Crippen LogP contribution < -0.4 is 14.2 Å². The van der Waals surface area contributed by atoms with E-state index in [1.165, 1.54) is 94.1 Å². The summed E-state index contributed by atoms with van der Waals surface area (Å²) in [4.78, 5) is 0. The number of hydrogen-bond acceptors (Lipinski definition) is 6. The molecule has 11 rings (SSSR count). The molecule has 0 spiro atoms. The summed E-state index contributed by atoms with van der Waals surface area (Å²) in [6.45, 7) is 82.2. The number of nitrogens with zero attached hydrogens (tertiary/aromatic N) is 1. The highest BCUT2D eigenvalue weighted by atomic mass is 32.1. The number of thiophene rings is 3. The summed E-state index contributed by atoms with van der Waals surface area (Å²) in [6, 6.07) is 47.5. The monoisotopic (exact) mass is 1470 g/mol. The second kappa shape index (κ2) is 58.8. The lowest BCUT2D eigenvalue weighted by Crippen LogP contribution is -2.18. The van der Waals surface area contributed by atoms with E-state index in [0.717, 1.165) is 17.2 Å².